The fraction of sp³-hybridized carbons (Fsp3) is 0.300. The molecule has 0 aliphatic heterocycles. The molecule has 1 aromatic heterocycles. The van der Waals surface area contributed by atoms with Crippen molar-refractivity contribution in [2.45, 2.75) is 19.8 Å². The van der Waals surface area contributed by atoms with Crippen molar-refractivity contribution in [3.05, 3.63) is 69.9 Å². The summed E-state index contributed by atoms with van der Waals surface area (Å²) in [7, 11) is 0. The van der Waals surface area contributed by atoms with Gasteiger partial charge in [0.1, 0.15) is 0 Å². The Morgan fingerprint density at radius 2 is 1.81 bits per heavy atom. The van der Waals surface area contributed by atoms with E-state index in [0.717, 1.165) is 22.0 Å². The fourth-order valence-electron chi connectivity index (χ4n) is 3.20. The van der Waals surface area contributed by atoms with Crippen LogP contribution in [0.25, 0.3) is 10.9 Å². The molecule has 0 bridgehead atoms. The highest BCUT2D eigenvalue weighted by Crippen LogP contribution is 2.36. The first-order chi connectivity index (χ1) is 12.6. The van der Waals surface area contributed by atoms with Crippen molar-refractivity contribution < 1.29 is 14.4 Å². The molecular weight excluding hydrogens is 332 g/mol. The summed E-state index contributed by atoms with van der Waals surface area (Å²) < 4.78 is 11.3. The van der Waals surface area contributed by atoms with Crippen LogP contribution in [0, 0.1) is 10.1 Å². The molecular formula is C20H22N2O4. The topological polar surface area (TPSA) is 77.4 Å². The lowest BCUT2D eigenvalue weighted by atomic mass is 9.90. The molecule has 1 N–H and O–H groups in total. The molecule has 1 heterocycles. The van der Waals surface area contributed by atoms with E-state index in [4.69, 9.17) is 9.47 Å². The molecule has 0 radical (unpaired) electrons. The van der Waals surface area contributed by atoms with E-state index in [1.807, 2.05) is 62.5 Å². The number of aromatic nitrogens is 1. The first-order valence-corrected chi connectivity index (χ1v) is 8.71. The Kier molecular flexibility index (Phi) is 5.41. The third-order valence-electron chi connectivity index (χ3n) is 4.30. The Bertz CT molecular complexity index is 904. The minimum Gasteiger partial charge on any atom is -0.490 e. The van der Waals surface area contributed by atoms with Crippen molar-refractivity contribution in [2.75, 3.05) is 19.8 Å². The largest absolute Gasteiger partial charge is 0.490 e. The van der Waals surface area contributed by atoms with Gasteiger partial charge in [-0.25, -0.2) is 0 Å². The van der Waals surface area contributed by atoms with Crippen LogP contribution >= 0.6 is 0 Å². The molecule has 1 atom stereocenters. The molecule has 3 aromatic rings. The number of para-hydroxylation sites is 1. The molecule has 0 aliphatic rings. The van der Waals surface area contributed by atoms with E-state index < -0.39 is 0 Å². The average Bonchev–Trinajstić information content (AvgIpc) is 3.05. The van der Waals surface area contributed by atoms with Crippen molar-refractivity contribution >= 4 is 10.9 Å². The summed E-state index contributed by atoms with van der Waals surface area (Å²) >= 11 is 0. The van der Waals surface area contributed by atoms with Crippen LogP contribution in [0.3, 0.4) is 0 Å². The van der Waals surface area contributed by atoms with E-state index in [1.54, 1.807) is 0 Å². The normalized spacial score (nSPS) is 12.1. The summed E-state index contributed by atoms with van der Waals surface area (Å²) in [6.45, 7) is 4.64. The molecule has 26 heavy (non-hydrogen) atoms. The molecule has 6 nitrogen and oxygen atoms in total. The zero-order chi connectivity index (χ0) is 18.5. The van der Waals surface area contributed by atoms with Crippen LogP contribution in [0.2, 0.25) is 0 Å². The van der Waals surface area contributed by atoms with Gasteiger partial charge in [-0.2, -0.15) is 0 Å². The number of nitro groups is 1. The lowest BCUT2D eigenvalue weighted by molar-refractivity contribution is -0.481. The van der Waals surface area contributed by atoms with Crippen LogP contribution in [0.5, 0.6) is 11.5 Å². The van der Waals surface area contributed by atoms with E-state index in [9.17, 15) is 10.1 Å². The third kappa shape index (κ3) is 3.64. The maximum atomic E-state index is 11.3. The van der Waals surface area contributed by atoms with Gasteiger partial charge in [-0.15, -0.1) is 0 Å². The zero-order valence-electron chi connectivity index (χ0n) is 14.9. The van der Waals surface area contributed by atoms with Crippen molar-refractivity contribution in [3.8, 4) is 11.5 Å². The Morgan fingerprint density at radius 1 is 1.08 bits per heavy atom. The summed E-state index contributed by atoms with van der Waals surface area (Å²) in [5.41, 5.74) is 2.70. The first kappa shape index (κ1) is 17.8. The Morgan fingerprint density at radius 3 is 2.54 bits per heavy atom. The second-order valence-corrected chi connectivity index (χ2v) is 5.93. The number of rotatable bonds is 8. The number of benzene rings is 2. The number of nitrogens with zero attached hydrogens (tertiary/aromatic N) is 1. The predicted molar refractivity (Wildman–Crippen MR) is 101 cm³/mol. The van der Waals surface area contributed by atoms with Gasteiger partial charge in [0.15, 0.2) is 11.5 Å². The Hall–Kier alpha value is -3.02. The van der Waals surface area contributed by atoms with E-state index in [1.165, 1.54) is 0 Å². The molecule has 6 heteroatoms. The van der Waals surface area contributed by atoms with Crippen LogP contribution < -0.4 is 9.47 Å². The van der Waals surface area contributed by atoms with E-state index in [0.29, 0.717) is 24.7 Å². The van der Waals surface area contributed by atoms with Gasteiger partial charge in [-0.3, -0.25) is 10.1 Å². The summed E-state index contributed by atoms with van der Waals surface area (Å²) in [5, 5.41) is 12.3. The van der Waals surface area contributed by atoms with E-state index in [-0.39, 0.29) is 17.4 Å². The monoisotopic (exact) mass is 354 g/mol. The second kappa shape index (κ2) is 7.91. The average molecular weight is 354 g/mol. The lowest BCUT2D eigenvalue weighted by Gasteiger charge is -2.17. The summed E-state index contributed by atoms with van der Waals surface area (Å²) in [4.78, 5) is 14.3. The van der Waals surface area contributed by atoms with Gasteiger partial charge in [0.2, 0.25) is 6.54 Å². The molecule has 0 spiro atoms. The minimum absolute atomic E-state index is 0.193. The van der Waals surface area contributed by atoms with Gasteiger partial charge in [0, 0.05) is 22.0 Å². The Labute approximate surface area is 151 Å². The number of nitrogens with one attached hydrogen (secondary N) is 1. The Balaban J connectivity index is 2.08. The second-order valence-electron chi connectivity index (χ2n) is 5.93. The van der Waals surface area contributed by atoms with E-state index >= 15 is 0 Å². The minimum atomic E-state index is -0.379. The molecule has 0 unspecified atom stereocenters. The van der Waals surface area contributed by atoms with E-state index in [2.05, 4.69) is 4.98 Å². The molecule has 2 aromatic carbocycles. The molecule has 0 saturated carbocycles. The van der Waals surface area contributed by atoms with Gasteiger partial charge >= 0.3 is 0 Å². The van der Waals surface area contributed by atoms with Gasteiger partial charge in [-0.05, 0) is 43.2 Å². The number of aromatic amines is 1. The number of ether oxygens (including phenoxy) is 2. The number of fused-ring (bicyclic) bond motifs is 1. The molecule has 136 valence electrons. The van der Waals surface area contributed by atoms with Crippen LogP contribution in [-0.4, -0.2) is 29.7 Å². The lowest BCUT2D eigenvalue weighted by Crippen LogP contribution is -2.14. The number of hydrogen-bond donors (Lipinski definition) is 1. The van der Waals surface area contributed by atoms with Crippen molar-refractivity contribution in [1.82, 2.24) is 4.98 Å². The van der Waals surface area contributed by atoms with Gasteiger partial charge in [0.25, 0.3) is 0 Å². The van der Waals surface area contributed by atoms with Crippen LogP contribution in [0.15, 0.2) is 48.7 Å². The number of hydrogen-bond acceptors (Lipinski definition) is 4. The fourth-order valence-corrected chi connectivity index (χ4v) is 3.20. The van der Waals surface area contributed by atoms with Gasteiger partial charge in [0.05, 0.1) is 19.1 Å². The quantitative estimate of drug-likeness (QED) is 0.481. The smallest absolute Gasteiger partial charge is 0.214 e. The highest BCUT2D eigenvalue weighted by atomic mass is 16.6. The third-order valence-corrected chi connectivity index (χ3v) is 4.30. The first-order valence-electron chi connectivity index (χ1n) is 8.71. The molecule has 3 rings (SSSR count). The molecule has 0 aliphatic carbocycles. The highest BCUT2D eigenvalue weighted by molar-refractivity contribution is 5.84. The molecule has 0 saturated heterocycles. The number of H-pyrrole nitrogens is 1. The van der Waals surface area contributed by atoms with Crippen molar-refractivity contribution in [3.63, 3.8) is 0 Å². The van der Waals surface area contributed by atoms with Crippen LogP contribution in [0.4, 0.5) is 0 Å². The zero-order valence-corrected chi connectivity index (χ0v) is 14.9. The van der Waals surface area contributed by atoms with Crippen LogP contribution in [0.1, 0.15) is 30.9 Å². The van der Waals surface area contributed by atoms with Gasteiger partial charge < -0.3 is 14.5 Å². The summed E-state index contributed by atoms with van der Waals surface area (Å²) in [5.74, 6) is 0.882. The van der Waals surface area contributed by atoms with Crippen molar-refractivity contribution in [1.29, 1.82) is 0 Å². The van der Waals surface area contributed by atoms with Gasteiger partial charge in [-0.1, -0.05) is 24.3 Å². The summed E-state index contributed by atoms with van der Waals surface area (Å²) in [6.07, 6.45) is 1.86. The summed E-state index contributed by atoms with van der Waals surface area (Å²) in [6, 6.07) is 13.4. The SMILES string of the molecule is CCOc1ccc([C@H](C[N+](=O)[O-])c2c[nH]c3ccccc23)cc1OCC. The maximum Gasteiger partial charge on any atom is 0.214 e. The highest BCUT2D eigenvalue weighted by Gasteiger charge is 2.24. The van der Waals surface area contributed by atoms with Crippen molar-refractivity contribution in [2.24, 2.45) is 0 Å². The molecule has 0 fully saturated rings. The molecule has 0 amide bonds. The van der Waals surface area contributed by atoms with Crippen LogP contribution in [-0.2, 0) is 0 Å². The predicted octanol–water partition coefficient (Wildman–Crippen LogP) is 4.37. The maximum absolute atomic E-state index is 11.3. The standard InChI is InChI=1S/C20H22N2O4/c1-3-25-19-10-9-14(11-20(19)26-4-2)17(13-22(23)24)16-12-21-18-8-6-5-7-15(16)18/h5-12,17,21H,3-4,13H2,1-2H3/t17-/m0/s1.